The molecule has 3 nitrogen and oxygen atoms in total. The molecule has 22 heavy (non-hydrogen) atoms. The standard InChI is InChI=1S/C17H18BrNO2.ClH/c1-3-21-17(20)15-9-4-5-10-16(15)19-12(2)13-7-6-8-14(18)11-13;/h4-12,19H,3H2,1-2H3;1H. The van der Waals surface area contributed by atoms with Gasteiger partial charge in [-0.1, -0.05) is 40.2 Å². The number of halogens is 2. The zero-order valence-electron chi connectivity index (χ0n) is 12.5. The van der Waals surface area contributed by atoms with Crippen molar-refractivity contribution in [2.75, 3.05) is 11.9 Å². The summed E-state index contributed by atoms with van der Waals surface area (Å²) >= 11 is 3.47. The molecule has 0 saturated carbocycles. The molecule has 0 heterocycles. The maximum absolute atomic E-state index is 12.0. The minimum absolute atomic E-state index is 0. The third kappa shape index (κ3) is 4.75. The lowest BCUT2D eigenvalue weighted by atomic mass is 10.1. The van der Waals surface area contributed by atoms with Gasteiger partial charge in [-0.2, -0.15) is 0 Å². The smallest absolute Gasteiger partial charge is 0.340 e. The number of hydrogen-bond donors (Lipinski definition) is 1. The van der Waals surface area contributed by atoms with Gasteiger partial charge in [0.15, 0.2) is 0 Å². The molecule has 5 heteroatoms. The van der Waals surface area contributed by atoms with E-state index >= 15 is 0 Å². The lowest BCUT2D eigenvalue weighted by Crippen LogP contribution is -2.12. The zero-order chi connectivity index (χ0) is 15.2. The Morgan fingerprint density at radius 3 is 2.64 bits per heavy atom. The number of nitrogens with one attached hydrogen (secondary N) is 1. The van der Waals surface area contributed by atoms with Crippen LogP contribution in [0.2, 0.25) is 0 Å². The normalized spacial score (nSPS) is 11.2. The molecular weight excluding hydrogens is 366 g/mol. The van der Waals surface area contributed by atoms with Crippen molar-refractivity contribution in [3.05, 3.63) is 64.1 Å². The summed E-state index contributed by atoms with van der Waals surface area (Å²) in [5.74, 6) is -0.304. The molecule has 1 atom stereocenters. The molecule has 0 saturated heterocycles. The largest absolute Gasteiger partial charge is 0.462 e. The summed E-state index contributed by atoms with van der Waals surface area (Å²) in [6.07, 6.45) is 0. The fourth-order valence-electron chi connectivity index (χ4n) is 2.09. The maximum atomic E-state index is 12.0. The van der Waals surface area contributed by atoms with Crippen LogP contribution >= 0.6 is 28.3 Å². The van der Waals surface area contributed by atoms with Gasteiger partial charge in [-0.05, 0) is 43.7 Å². The van der Waals surface area contributed by atoms with Crippen molar-refractivity contribution in [3.8, 4) is 0 Å². The first kappa shape index (κ1) is 18.5. The highest BCUT2D eigenvalue weighted by Gasteiger charge is 2.14. The second-order valence-electron chi connectivity index (χ2n) is 4.69. The molecule has 0 aliphatic carbocycles. The number of rotatable bonds is 5. The van der Waals surface area contributed by atoms with Gasteiger partial charge in [-0.25, -0.2) is 4.79 Å². The predicted octanol–water partition coefficient (Wildman–Crippen LogP) is 5.22. The number of para-hydroxylation sites is 1. The molecular formula is C17H19BrClNO2. The van der Waals surface area contributed by atoms with Gasteiger partial charge >= 0.3 is 5.97 Å². The SMILES string of the molecule is CCOC(=O)c1ccccc1NC(C)c1cccc(Br)c1.Cl. The molecule has 0 aliphatic heterocycles. The van der Waals surface area contributed by atoms with Crippen LogP contribution in [0, 0.1) is 0 Å². The average Bonchev–Trinajstić information content (AvgIpc) is 2.48. The van der Waals surface area contributed by atoms with Gasteiger partial charge < -0.3 is 10.1 Å². The van der Waals surface area contributed by atoms with E-state index in [9.17, 15) is 4.79 Å². The second-order valence-corrected chi connectivity index (χ2v) is 5.60. The van der Waals surface area contributed by atoms with E-state index in [2.05, 4.69) is 40.3 Å². The van der Waals surface area contributed by atoms with Crippen LogP contribution in [-0.2, 0) is 4.74 Å². The summed E-state index contributed by atoms with van der Waals surface area (Å²) < 4.78 is 6.12. The highest BCUT2D eigenvalue weighted by atomic mass is 79.9. The molecule has 0 aliphatic rings. The van der Waals surface area contributed by atoms with Crippen LogP contribution < -0.4 is 5.32 Å². The van der Waals surface area contributed by atoms with E-state index in [-0.39, 0.29) is 24.4 Å². The summed E-state index contributed by atoms with van der Waals surface area (Å²) in [5, 5.41) is 3.37. The average molecular weight is 385 g/mol. The van der Waals surface area contributed by atoms with E-state index in [1.54, 1.807) is 13.0 Å². The lowest BCUT2D eigenvalue weighted by Gasteiger charge is -2.18. The highest BCUT2D eigenvalue weighted by molar-refractivity contribution is 9.10. The molecule has 118 valence electrons. The Balaban J connectivity index is 0.00000242. The monoisotopic (exact) mass is 383 g/mol. The first-order valence-corrected chi connectivity index (χ1v) is 7.69. The summed E-state index contributed by atoms with van der Waals surface area (Å²) in [7, 11) is 0. The number of hydrogen-bond acceptors (Lipinski definition) is 3. The van der Waals surface area contributed by atoms with E-state index in [4.69, 9.17) is 4.74 Å². The Morgan fingerprint density at radius 2 is 1.95 bits per heavy atom. The van der Waals surface area contributed by atoms with E-state index in [0.29, 0.717) is 12.2 Å². The van der Waals surface area contributed by atoms with E-state index in [1.807, 2.05) is 30.3 Å². The number of esters is 1. The molecule has 1 unspecified atom stereocenters. The van der Waals surface area contributed by atoms with Crippen LogP contribution in [0.4, 0.5) is 5.69 Å². The van der Waals surface area contributed by atoms with Crippen LogP contribution in [0.1, 0.15) is 35.8 Å². The lowest BCUT2D eigenvalue weighted by molar-refractivity contribution is 0.0527. The topological polar surface area (TPSA) is 38.3 Å². The number of carbonyl (C=O) groups is 1. The molecule has 0 fully saturated rings. The third-order valence-corrected chi connectivity index (χ3v) is 3.64. The van der Waals surface area contributed by atoms with Crippen LogP contribution in [0.3, 0.4) is 0 Å². The third-order valence-electron chi connectivity index (χ3n) is 3.14. The predicted molar refractivity (Wildman–Crippen MR) is 95.8 cm³/mol. The summed E-state index contributed by atoms with van der Waals surface area (Å²) in [6.45, 7) is 4.23. The second kappa shape index (κ2) is 8.81. The van der Waals surface area contributed by atoms with Gasteiger partial charge in [0.25, 0.3) is 0 Å². The Labute approximate surface area is 145 Å². The molecule has 1 N–H and O–H groups in total. The Hall–Kier alpha value is -1.52. The fraction of sp³-hybridized carbons (Fsp3) is 0.235. The number of ether oxygens (including phenoxy) is 1. The van der Waals surface area contributed by atoms with E-state index < -0.39 is 0 Å². The minimum atomic E-state index is -0.304. The summed E-state index contributed by atoms with van der Waals surface area (Å²) in [4.78, 5) is 12.0. The number of anilines is 1. The first-order valence-electron chi connectivity index (χ1n) is 6.90. The molecule has 0 spiro atoms. The van der Waals surface area contributed by atoms with Gasteiger partial charge in [0.05, 0.1) is 12.2 Å². The van der Waals surface area contributed by atoms with Crippen molar-refractivity contribution in [2.45, 2.75) is 19.9 Å². The van der Waals surface area contributed by atoms with Crippen molar-refractivity contribution >= 4 is 40.0 Å². The van der Waals surface area contributed by atoms with E-state index in [0.717, 1.165) is 15.7 Å². The van der Waals surface area contributed by atoms with Gasteiger partial charge in [-0.3, -0.25) is 0 Å². The van der Waals surface area contributed by atoms with Crippen molar-refractivity contribution < 1.29 is 9.53 Å². The van der Waals surface area contributed by atoms with Crippen LogP contribution in [0.25, 0.3) is 0 Å². The quantitative estimate of drug-likeness (QED) is 0.718. The van der Waals surface area contributed by atoms with E-state index in [1.165, 1.54) is 0 Å². The van der Waals surface area contributed by atoms with Crippen molar-refractivity contribution in [1.29, 1.82) is 0 Å². The van der Waals surface area contributed by atoms with Crippen molar-refractivity contribution in [2.24, 2.45) is 0 Å². The van der Waals surface area contributed by atoms with Crippen molar-refractivity contribution in [3.63, 3.8) is 0 Å². The van der Waals surface area contributed by atoms with Gasteiger partial charge in [-0.15, -0.1) is 12.4 Å². The highest BCUT2D eigenvalue weighted by Crippen LogP contribution is 2.24. The number of carbonyl (C=O) groups excluding carboxylic acids is 1. The minimum Gasteiger partial charge on any atom is -0.462 e. The molecule has 2 aromatic carbocycles. The zero-order valence-corrected chi connectivity index (χ0v) is 14.9. The van der Waals surface area contributed by atoms with Gasteiger partial charge in [0.2, 0.25) is 0 Å². The van der Waals surface area contributed by atoms with Crippen LogP contribution in [-0.4, -0.2) is 12.6 Å². The molecule has 0 aromatic heterocycles. The fourth-order valence-corrected chi connectivity index (χ4v) is 2.51. The number of benzene rings is 2. The Morgan fingerprint density at radius 1 is 1.23 bits per heavy atom. The van der Waals surface area contributed by atoms with Crippen LogP contribution in [0.15, 0.2) is 53.0 Å². The molecule has 2 aromatic rings. The summed E-state index contributed by atoms with van der Waals surface area (Å²) in [6, 6.07) is 15.6. The van der Waals surface area contributed by atoms with Crippen LogP contribution in [0.5, 0.6) is 0 Å². The molecule has 0 radical (unpaired) electrons. The van der Waals surface area contributed by atoms with Gasteiger partial charge in [0, 0.05) is 16.2 Å². The Bertz CT molecular complexity index is 634. The molecule has 2 rings (SSSR count). The van der Waals surface area contributed by atoms with Crippen molar-refractivity contribution in [1.82, 2.24) is 0 Å². The summed E-state index contributed by atoms with van der Waals surface area (Å²) in [5.41, 5.74) is 2.48. The Kier molecular flexibility index (Phi) is 7.42. The maximum Gasteiger partial charge on any atom is 0.340 e. The molecule has 0 bridgehead atoms. The molecule has 0 amide bonds. The van der Waals surface area contributed by atoms with Gasteiger partial charge in [0.1, 0.15) is 0 Å². The first-order chi connectivity index (χ1) is 10.1.